The van der Waals surface area contributed by atoms with Gasteiger partial charge in [0.15, 0.2) is 11.7 Å². The van der Waals surface area contributed by atoms with Crippen LogP contribution in [0.3, 0.4) is 0 Å². The second-order valence-corrected chi connectivity index (χ2v) is 10.2. The van der Waals surface area contributed by atoms with Crippen LogP contribution in [0.5, 0.6) is 0 Å². The quantitative estimate of drug-likeness (QED) is 0.484. The predicted octanol–water partition coefficient (Wildman–Crippen LogP) is 4.03. The Morgan fingerprint density at radius 2 is 1.91 bits per heavy atom. The molecule has 3 atom stereocenters. The summed E-state index contributed by atoms with van der Waals surface area (Å²) in [5, 5.41) is 11.8. The summed E-state index contributed by atoms with van der Waals surface area (Å²) in [7, 11) is 2.25. The van der Waals surface area contributed by atoms with E-state index in [2.05, 4.69) is 17.0 Å². The van der Waals surface area contributed by atoms with E-state index in [4.69, 9.17) is 4.74 Å². The normalized spacial score (nSPS) is 25.8. The molecule has 0 radical (unpaired) electrons. The molecular weight excluding hydrogens is 414 g/mol. The van der Waals surface area contributed by atoms with E-state index in [9.17, 15) is 9.90 Å². The number of esters is 1. The zero-order chi connectivity index (χ0) is 23.2. The van der Waals surface area contributed by atoms with E-state index in [1.54, 1.807) is 12.5 Å². The van der Waals surface area contributed by atoms with Crippen molar-refractivity contribution in [2.45, 2.75) is 69.5 Å². The highest BCUT2D eigenvalue weighted by Crippen LogP contribution is 2.41. The number of hydrogen-bond acceptors (Lipinski definition) is 5. The molecule has 0 amide bonds. The van der Waals surface area contributed by atoms with Gasteiger partial charge in [0.2, 0.25) is 0 Å². The summed E-state index contributed by atoms with van der Waals surface area (Å²) < 4.78 is 6.98. The van der Waals surface area contributed by atoms with Crippen molar-refractivity contribution in [3.05, 3.63) is 60.2 Å². The molecule has 1 aliphatic carbocycles. The first-order chi connectivity index (χ1) is 16.0. The van der Waals surface area contributed by atoms with Gasteiger partial charge >= 0.3 is 5.97 Å². The minimum Gasteiger partial charge on any atom is -0.454 e. The van der Waals surface area contributed by atoms with Crippen LogP contribution in [0.15, 0.2) is 48.9 Å². The molecule has 33 heavy (non-hydrogen) atoms. The van der Waals surface area contributed by atoms with E-state index in [0.717, 1.165) is 81.2 Å². The third kappa shape index (κ3) is 5.79. The lowest BCUT2D eigenvalue weighted by molar-refractivity contribution is -0.917. The monoisotopic (exact) mass is 452 g/mol. The molecule has 2 aliphatic rings. The number of benzene rings is 1. The average Bonchev–Trinajstić information content (AvgIpc) is 2.85. The number of carbonyl (C=O) groups excluding carboxylic acids is 1. The van der Waals surface area contributed by atoms with E-state index >= 15 is 0 Å². The van der Waals surface area contributed by atoms with Gasteiger partial charge in [-0.1, -0.05) is 49.6 Å². The van der Waals surface area contributed by atoms with Gasteiger partial charge in [-0.15, -0.1) is 0 Å². The Balaban J connectivity index is 1.41. The molecule has 2 fully saturated rings. The molecule has 2 unspecified atom stereocenters. The Hall–Kier alpha value is -2.31. The van der Waals surface area contributed by atoms with E-state index in [1.807, 2.05) is 36.4 Å². The smallest absolute Gasteiger partial charge is 0.343 e. The summed E-state index contributed by atoms with van der Waals surface area (Å²) in [6.45, 7) is 2.90. The first kappa shape index (κ1) is 23.8. The van der Waals surface area contributed by atoms with Gasteiger partial charge < -0.3 is 14.3 Å². The standard InChI is InChI=1S/C27H38N3O3/c1-30(18-8-14-24-16-17-28-21-29-24)19-9-15-25(20-30)33-26(31)27(32,22-10-4-2-5-11-22)23-12-6-3-7-13-23/h2,4-5,10-11,16-17,21,23,25,32H,3,6-9,12-15,18-20H2,1H3/q+1/t25?,27?,30-/m1/s1. The molecule has 0 bridgehead atoms. The first-order valence-corrected chi connectivity index (χ1v) is 12.6. The predicted molar refractivity (Wildman–Crippen MR) is 127 cm³/mol. The van der Waals surface area contributed by atoms with Crippen molar-refractivity contribution in [2.24, 2.45) is 5.92 Å². The molecule has 1 saturated heterocycles. The molecule has 1 aliphatic heterocycles. The Labute approximate surface area is 197 Å². The Bertz CT molecular complexity index is 888. The zero-order valence-electron chi connectivity index (χ0n) is 19.9. The number of ether oxygens (including phenoxy) is 1. The van der Waals surface area contributed by atoms with Crippen LogP contribution in [0.1, 0.15) is 62.6 Å². The number of aryl methyl sites for hydroxylation is 1. The molecule has 4 rings (SSSR count). The number of quaternary nitrogens is 1. The summed E-state index contributed by atoms with van der Waals surface area (Å²) in [5.41, 5.74) is 0.173. The number of aromatic nitrogens is 2. The van der Waals surface area contributed by atoms with Gasteiger partial charge in [-0.3, -0.25) is 0 Å². The van der Waals surface area contributed by atoms with E-state index in [-0.39, 0.29) is 12.0 Å². The van der Waals surface area contributed by atoms with Gasteiger partial charge in [0.25, 0.3) is 0 Å². The maximum Gasteiger partial charge on any atom is 0.343 e. The van der Waals surface area contributed by atoms with Crippen LogP contribution in [0, 0.1) is 5.92 Å². The second kappa shape index (κ2) is 10.7. The second-order valence-electron chi connectivity index (χ2n) is 10.2. The highest BCUT2D eigenvalue weighted by atomic mass is 16.6. The average molecular weight is 453 g/mol. The number of carbonyl (C=O) groups is 1. The molecular formula is C27H38N3O3+. The number of likely N-dealkylation sites (N-methyl/N-ethyl adjacent to an activating group) is 1. The van der Waals surface area contributed by atoms with Crippen LogP contribution in [0.4, 0.5) is 0 Å². The SMILES string of the molecule is C[N@@+]1(CCCc2ccncn2)CCCC(OC(=O)C(O)(c2ccccc2)C2CCCCC2)C1. The van der Waals surface area contributed by atoms with Gasteiger partial charge in [-0.2, -0.15) is 0 Å². The lowest BCUT2D eigenvalue weighted by Gasteiger charge is -2.42. The first-order valence-electron chi connectivity index (χ1n) is 12.6. The Morgan fingerprint density at radius 1 is 1.12 bits per heavy atom. The third-order valence-corrected chi connectivity index (χ3v) is 7.64. The molecule has 1 aromatic heterocycles. The van der Waals surface area contributed by atoms with Gasteiger partial charge in [-0.05, 0) is 37.3 Å². The van der Waals surface area contributed by atoms with E-state index in [0.29, 0.717) is 5.56 Å². The summed E-state index contributed by atoms with van der Waals surface area (Å²) in [5.74, 6) is -0.543. The highest BCUT2D eigenvalue weighted by molar-refractivity contribution is 5.81. The minimum atomic E-state index is -1.56. The topological polar surface area (TPSA) is 72.3 Å². The molecule has 1 aromatic carbocycles. The fraction of sp³-hybridized carbons (Fsp3) is 0.593. The highest BCUT2D eigenvalue weighted by Gasteiger charge is 2.48. The number of piperidine rings is 1. The minimum absolute atomic E-state index is 0.0847. The lowest BCUT2D eigenvalue weighted by Crippen LogP contribution is -2.55. The van der Waals surface area contributed by atoms with Crippen molar-refractivity contribution in [1.29, 1.82) is 0 Å². The van der Waals surface area contributed by atoms with Crippen molar-refractivity contribution in [1.82, 2.24) is 9.97 Å². The van der Waals surface area contributed by atoms with Crippen LogP contribution in [-0.2, 0) is 21.6 Å². The molecule has 6 heteroatoms. The number of hydrogen-bond donors (Lipinski definition) is 1. The van der Waals surface area contributed by atoms with E-state index in [1.165, 1.54) is 6.42 Å². The van der Waals surface area contributed by atoms with Crippen LogP contribution in [-0.4, -0.2) is 58.3 Å². The lowest BCUT2D eigenvalue weighted by atomic mass is 9.73. The molecule has 6 nitrogen and oxygen atoms in total. The van der Waals surface area contributed by atoms with Gasteiger partial charge in [0.05, 0.1) is 20.1 Å². The summed E-state index contributed by atoms with van der Waals surface area (Å²) in [4.78, 5) is 21.9. The van der Waals surface area contributed by atoms with Gasteiger partial charge in [0, 0.05) is 30.7 Å². The van der Waals surface area contributed by atoms with Gasteiger partial charge in [-0.25, -0.2) is 14.8 Å². The summed E-state index contributed by atoms with van der Waals surface area (Å²) in [6, 6.07) is 11.4. The molecule has 1 N–H and O–H groups in total. The van der Waals surface area contributed by atoms with Crippen molar-refractivity contribution >= 4 is 5.97 Å². The van der Waals surface area contributed by atoms with Crippen molar-refractivity contribution < 1.29 is 19.1 Å². The zero-order valence-corrected chi connectivity index (χ0v) is 19.9. The molecule has 2 heterocycles. The largest absolute Gasteiger partial charge is 0.454 e. The molecule has 178 valence electrons. The number of likely N-dealkylation sites (tertiary alicyclic amines) is 1. The van der Waals surface area contributed by atoms with Crippen LogP contribution in [0.25, 0.3) is 0 Å². The maximum absolute atomic E-state index is 13.5. The fourth-order valence-corrected chi connectivity index (χ4v) is 5.76. The van der Waals surface area contributed by atoms with Crippen molar-refractivity contribution in [3.63, 3.8) is 0 Å². The summed E-state index contributed by atoms with van der Waals surface area (Å²) in [6.07, 6.45) is 12.1. The van der Waals surface area contributed by atoms with Crippen molar-refractivity contribution in [3.8, 4) is 0 Å². The van der Waals surface area contributed by atoms with Crippen molar-refractivity contribution in [2.75, 3.05) is 26.7 Å². The van der Waals surface area contributed by atoms with Crippen LogP contribution >= 0.6 is 0 Å². The number of aliphatic hydroxyl groups is 1. The number of rotatable bonds is 8. The fourth-order valence-electron chi connectivity index (χ4n) is 5.76. The summed E-state index contributed by atoms with van der Waals surface area (Å²) >= 11 is 0. The molecule has 0 spiro atoms. The van der Waals surface area contributed by atoms with Crippen LogP contribution < -0.4 is 0 Å². The van der Waals surface area contributed by atoms with Crippen LogP contribution in [0.2, 0.25) is 0 Å². The molecule has 2 aromatic rings. The Morgan fingerprint density at radius 3 is 2.64 bits per heavy atom. The molecule has 1 saturated carbocycles. The maximum atomic E-state index is 13.5. The third-order valence-electron chi connectivity index (χ3n) is 7.64. The van der Waals surface area contributed by atoms with Gasteiger partial charge in [0.1, 0.15) is 12.9 Å². The Kier molecular flexibility index (Phi) is 7.76. The number of nitrogens with zero attached hydrogens (tertiary/aromatic N) is 3. The van der Waals surface area contributed by atoms with E-state index < -0.39 is 11.6 Å².